The van der Waals surface area contributed by atoms with Gasteiger partial charge in [-0.3, -0.25) is 4.90 Å². The quantitative estimate of drug-likeness (QED) is 0.812. The van der Waals surface area contributed by atoms with Crippen molar-refractivity contribution in [3.05, 3.63) is 64.9 Å². The monoisotopic (exact) mass is 382 g/mol. The van der Waals surface area contributed by atoms with Crippen molar-refractivity contribution in [1.82, 2.24) is 9.21 Å². The molecule has 0 radical (unpaired) electrons. The standard InChI is InChI=1S/C18H20ClFN2O2S/c1-14(15-2-6-17(20)7-3-15)21-10-12-22(13-11-21)25(23,24)18-8-4-16(19)5-9-18/h2-9,14H,10-13H2,1H3/t14-/m0/s1. The second-order valence-corrected chi connectivity index (χ2v) is 8.50. The van der Waals surface area contributed by atoms with Gasteiger partial charge in [0.05, 0.1) is 4.90 Å². The van der Waals surface area contributed by atoms with Gasteiger partial charge in [-0.15, -0.1) is 0 Å². The predicted octanol–water partition coefficient (Wildman–Crippen LogP) is 3.55. The zero-order valence-electron chi connectivity index (χ0n) is 13.9. The molecule has 1 aliphatic heterocycles. The Hall–Kier alpha value is -1.47. The molecule has 2 aromatic carbocycles. The Morgan fingerprint density at radius 2 is 1.52 bits per heavy atom. The molecular weight excluding hydrogens is 363 g/mol. The van der Waals surface area contributed by atoms with Crippen LogP contribution in [0.5, 0.6) is 0 Å². The summed E-state index contributed by atoms with van der Waals surface area (Å²) in [6.45, 7) is 4.17. The van der Waals surface area contributed by atoms with E-state index >= 15 is 0 Å². The van der Waals surface area contributed by atoms with Gasteiger partial charge >= 0.3 is 0 Å². The van der Waals surface area contributed by atoms with Gasteiger partial charge < -0.3 is 0 Å². The van der Waals surface area contributed by atoms with Crippen molar-refractivity contribution in [3.8, 4) is 0 Å². The number of piperazine rings is 1. The topological polar surface area (TPSA) is 40.6 Å². The van der Waals surface area contributed by atoms with Gasteiger partial charge in [0.25, 0.3) is 0 Å². The smallest absolute Gasteiger partial charge is 0.243 e. The second-order valence-electron chi connectivity index (χ2n) is 6.12. The number of hydrogen-bond donors (Lipinski definition) is 0. The summed E-state index contributed by atoms with van der Waals surface area (Å²) in [5.74, 6) is -0.255. The van der Waals surface area contributed by atoms with Crippen molar-refractivity contribution < 1.29 is 12.8 Å². The summed E-state index contributed by atoms with van der Waals surface area (Å²) in [7, 11) is -3.50. The minimum Gasteiger partial charge on any atom is -0.294 e. The molecule has 0 bridgehead atoms. The molecule has 0 aromatic heterocycles. The van der Waals surface area contributed by atoms with Crippen LogP contribution in [0.3, 0.4) is 0 Å². The highest BCUT2D eigenvalue weighted by molar-refractivity contribution is 7.89. The fourth-order valence-corrected chi connectivity index (χ4v) is 4.59. The van der Waals surface area contributed by atoms with Crippen LogP contribution in [-0.4, -0.2) is 43.8 Å². The lowest BCUT2D eigenvalue weighted by molar-refractivity contribution is 0.146. The lowest BCUT2D eigenvalue weighted by atomic mass is 10.1. The average molecular weight is 383 g/mol. The summed E-state index contributed by atoms with van der Waals surface area (Å²) in [5.41, 5.74) is 1.02. The van der Waals surface area contributed by atoms with E-state index in [1.54, 1.807) is 24.3 Å². The molecule has 2 aromatic rings. The van der Waals surface area contributed by atoms with Gasteiger partial charge in [0.2, 0.25) is 10.0 Å². The van der Waals surface area contributed by atoms with Gasteiger partial charge in [0, 0.05) is 37.2 Å². The maximum atomic E-state index is 13.1. The highest BCUT2D eigenvalue weighted by atomic mass is 35.5. The SMILES string of the molecule is C[C@@H](c1ccc(F)cc1)N1CCN(S(=O)(=O)c2ccc(Cl)cc2)CC1. The third kappa shape index (κ3) is 4.03. The van der Waals surface area contributed by atoms with Crippen molar-refractivity contribution >= 4 is 21.6 Å². The number of sulfonamides is 1. The normalized spacial score (nSPS) is 18.2. The van der Waals surface area contributed by atoms with Crippen LogP contribution in [0.15, 0.2) is 53.4 Å². The van der Waals surface area contributed by atoms with Crippen LogP contribution in [0.1, 0.15) is 18.5 Å². The van der Waals surface area contributed by atoms with E-state index in [2.05, 4.69) is 11.8 Å². The maximum absolute atomic E-state index is 13.1. The van der Waals surface area contributed by atoms with Crippen molar-refractivity contribution in [3.63, 3.8) is 0 Å². The van der Waals surface area contributed by atoms with Gasteiger partial charge in [0.15, 0.2) is 0 Å². The minimum absolute atomic E-state index is 0.112. The molecule has 0 spiro atoms. The summed E-state index contributed by atoms with van der Waals surface area (Å²) in [5, 5.41) is 0.511. The zero-order chi connectivity index (χ0) is 18.0. The van der Waals surface area contributed by atoms with E-state index in [0.717, 1.165) is 5.56 Å². The highest BCUT2D eigenvalue weighted by Gasteiger charge is 2.30. The molecule has 1 aliphatic rings. The molecular formula is C18H20ClFN2O2S. The Labute approximate surface area is 152 Å². The molecule has 0 amide bonds. The molecule has 7 heteroatoms. The fourth-order valence-electron chi connectivity index (χ4n) is 3.04. The first-order valence-electron chi connectivity index (χ1n) is 8.13. The molecule has 1 heterocycles. The number of halogens is 2. The molecule has 1 fully saturated rings. The van der Waals surface area contributed by atoms with Crippen LogP contribution in [0.25, 0.3) is 0 Å². The summed E-state index contributed by atoms with van der Waals surface area (Å²) in [6.07, 6.45) is 0. The van der Waals surface area contributed by atoms with E-state index < -0.39 is 10.0 Å². The van der Waals surface area contributed by atoms with Crippen LogP contribution in [-0.2, 0) is 10.0 Å². The van der Waals surface area contributed by atoms with Gasteiger partial charge in [-0.1, -0.05) is 23.7 Å². The molecule has 3 rings (SSSR count). The molecule has 0 saturated carbocycles. The van der Waals surface area contributed by atoms with Gasteiger partial charge in [-0.2, -0.15) is 4.31 Å². The molecule has 25 heavy (non-hydrogen) atoms. The molecule has 134 valence electrons. The molecule has 1 atom stereocenters. The van der Waals surface area contributed by atoms with Gasteiger partial charge in [0.1, 0.15) is 5.82 Å². The van der Waals surface area contributed by atoms with Crippen molar-refractivity contribution in [2.24, 2.45) is 0 Å². The van der Waals surface area contributed by atoms with Gasteiger partial charge in [-0.25, -0.2) is 12.8 Å². The molecule has 1 saturated heterocycles. The molecule has 0 unspecified atom stereocenters. The van der Waals surface area contributed by atoms with Crippen LogP contribution < -0.4 is 0 Å². The maximum Gasteiger partial charge on any atom is 0.243 e. The first kappa shape index (κ1) is 18.3. The Morgan fingerprint density at radius 1 is 0.960 bits per heavy atom. The number of benzene rings is 2. The average Bonchev–Trinajstić information content (AvgIpc) is 2.62. The third-order valence-corrected chi connectivity index (χ3v) is 6.79. The Balaban J connectivity index is 1.67. The van der Waals surface area contributed by atoms with Crippen molar-refractivity contribution in [2.75, 3.05) is 26.2 Å². The van der Waals surface area contributed by atoms with E-state index in [9.17, 15) is 12.8 Å². The second kappa shape index (κ2) is 7.41. The van der Waals surface area contributed by atoms with Gasteiger partial charge in [-0.05, 0) is 48.9 Å². The Kier molecular flexibility index (Phi) is 5.43. The van der Waals surface area contributed by atoms with Crippen LogP contribution in [0.4, 0.5) is 4.39 Å². The van der Waals surface area contributed by atoms with Crippen LogP contribution >= 0.6 is 11.6 Å². The largest absolute Gasteiger partial charge is 0.294 e. The summed E-state index contributed by atoms with van der Waals surface area (Å²) in [4.78, 5) is 2.47. The Morgan fingerprint density at radius 3 is 2.08 bits per heavy atom. The van der Waals surface area contributed by atoms with E-state index in [-0.39, 0.29) is 16.8 Å². The lowest BCUT2D eigenvalue weighted by Gasteiger charge is -2.37. The lowest BCUT2D eigenvalue weighted by Crippen LogP contribution is -2.49. The first-order chi connectivity index (χ1) is 11.9. The van der Waals surface area contributed by atoms with Crippen molar-refractivity contribution in [2.45, 2.75) is 17.9 Å². The highest BCUT2D eigenvalue weighted by Crippen LogP contribution is 2.25. The van der Waals surface area contributed by atoms with E-state index in [1.807, 2.05) is 0 Å². The molecule has 0 N–H and O–H groups in total. The van der Waals surface area contributed by atoms with Crippen LogP contribution in [0, 0.1) is 5.82 Å². The molecule has 0 aliphatic carbocycles. The minimum atomic E-state index is -3.50. The van der Waals surface area contributed by atoms with E-state index in [0.29, 0.717) is 31.2 Å². The van der Waals surface area contributed by atoms with E-state index in [1.165, 1.54) is 28.6 Å². The molecule has 4 nitrogen and oxygen atoms in total. The fraction of sp³-hybridized carbons (Fsp3) is 0.333. The predicted molar refractivity (Wildman–Crippen MR) is 96.6 cm³/mol. The summed E-state index contributed by atoms with van der Waals surface area (Å²) in [6, 6.07) is 12.8. The third-order valence-electron chi connectivity index (χ3n) is 4.62. The zero-order valence-corrected chi connectivity index (χ0v) is 15.5. The van der Waals surface area contributed by atoms with E-state index in [4.69, 9.17) is 11.6 Å². The summed E-state index contributed by atoms with van der Waals surface area (Å²) >= 11 is 5.83. The summed E-state index contributed by atoms with van der Waals surface area (Å²) < 4.78 is 40.0. The van der Waals surface area contributed by atoms with Crippen molar-refractivity contribution in [1.29, 1.82) is 0 Å². The number of hydrogen-bond acceptors (Lipinski definition) is 3. The first-order valence-corrected chi connectivity index (χ1v) is 9.95. The Bertz CT molecular complexity index is 817. The van der Waals surface area contributed by atoms with Crippen LogP contribution in [0.2, 0.25) is 5.02 Å². The number of nitrogens with zero attached hydrogens (tertiary/aromatic N) is 2. The number of rotatable bonds is 4.